The highest BCUT2D eigenvalue weighted by Crippen LogP contribution is 2.29. The van der Waals surface area contributed by atoms with Gasteiger partial charge in [0.15, 0.2) is 0 Å². The lowest BCUT2D eigenvalue weighted by Gasteiger charge is -2.20. The number of carboxylic acid groups (broad SMARTS) is 1. The first-order chi connectivity index (χ1) is 10.2. The van der Waals surface area contributed by atoms with Gasteiger partial charge in [-0.15, -0.1) is 0 Å². The summed E-state index contributed by atoms with van der Waals surface area (Å²) < 4.78 is 26.1. The summed E-state index contributed by atoms with van der Waals surface area (Å²) in [5, 5.41) is 18.1. The van der Waals surface area contributed by atoms with Crippen molar-refractivity contribution in [3.8, 4) is 5.75 Å². The van der Waals surface area contributed by atoms with Crippen molar-refractivity contribution in [1.29, 1.82) is 0 Å². The molecule has 0 fully saturated rings. The predicted octanol–water partition coefficient (Wildman–Crippen LogP) is 2.57. The maximum atomic E-state index is 12.6. The summed E-state index contributed by atoms with van der Waals surface area (Å²) in [6.07, 6.45) is 0. The molecule has 0 heterocycles. The van der Waals surface area contributed by atoms with Crippen LogP contribution in [-0.2, 0) is 10.0 Å². The zero-order valence-corrected chi connectivity index (χ0v) is 13.0. The quantitative estimate of drug-likeness (QED) is 0.891. The van der Waals surface area contributed by atoms with Gasteiger partial charge in [0.05, 0.1) is 16.3 Å². The Morgan fingerprint density at radius 1 is 1.18 bits per heavy atom. The van der Waals surface area contributed by atoms with Gasteiger partial charge in [0.25, 0.3) is 10.0 Å². The molecule has 0 aliphatic heterocycles. The Bertz CT molecular complexity index is 835. The molecular weight excluding hydrogens is 330 g/mol. The first-order valence-electron chi connectivity index (χ1n) is 6.04. The standard InChI is InChI=1S/C14H12ClNO5S/c1-16(10-3-2-4-11(17)8-10)22(20,21)13-6-5-9(14(18)19)7-12(13)15/h2-8,17H,1H3,(H,18,19). The number of nitrogens with zero attached hydrogens (tertiary/aromatic N) is 1. The molecule has 0 unspecified atom stereocenters. The van der Waals surface area contributed by atoms with Gasteiger partial charge < -0.3 is 10.2 Å². The molecule has 8 heteroatoms. The number of benzene rings is 2. The monoisotopic (exact) mass is 341 g/mol. The lowest BCUT2D eigenvalue weighted by atomic mass is 10.2. The van der Waals surface area contributed by atoms with Crippen molar-refractivity contribution >= 4 is 33.3 Å². The lowest BCUT2D eigenvalue weighted by molar-refractivity contribution is 0.0696. The van der Waals surface area contributed by atoms with Crippen LogP contribution in [0.1, 0.15) is 10.4 Å². The third kappa shape index (κ3) is 3.00. The maximum Gasteiger partial charge on any atom is 0.335 e. The minimum Gasteiger partial charge on any atom is -0.508 e. The van der Waals surface area contributed by atoms with Crippen LogP contribution in [0.3, 0.4) is 0 Å². The Kier molecular flexibility index (Phi) is 4.30. The lowest BCUT2D eigenvalue weighted by Crippen LogP contribution is -2.26. The zero-order chi connectivity index (χ0) is 16.5. The number of carbonyl (C=O) groups is 1. The summed E-state index contributed by atoms with van der Waals surface area (Å²) >= 11 is 5.90. The number of phenolic OH excluding ortho intramolecular Hbond substituents is 1. The largest absolute Gasteiger partial charge is 0.508 e. The summed E-state index contributed by atoms with van der Waals surface area (Å²) in [4.78, 5) is 10.6. The highest BCUT2D eigenvalue weighted by molar-refractivity contribution is 7.93. The van der Waals surface area contributed by atoms with Gasteiger partial charge in [0, 0.05) is 13.1 Å². The fraction of sp³-hybridized carbons (Fsp3) is 0.0714. The average Bonchev–Trinajstić information content (AvgIpc) is 2.45. The topological polar surface area (TPSA) is 94.9 Å². The van der Waals surface area contributed by atoms with Crippen LogP contribution in [0.5, 0.6) is 5.75 Å². The van der Waals surface area contributed by atoms with E-state index in [-0.39, 0.29) is 26.9 Å². The van der Waals surface area contributed by atoms with E-state index in [0.717, 1.165) is 22.5 Å². The van der Waals surface area contributed by atoms with Crippen molar-refractivity contribution in [2.45, 2.75) is 4.90 Å². The first-order valence-corrected chi connectivity index (χ1v) is 7.86. The van der Waals surface area contributed by atoms with Crippen LogP contribution in [0.25, 0.3) is 0 Å². The summed E-state index contributed by atoms with van der Waals surface area (Å²) in [7, 11) is -2.67. The van der Waals surface area contributed by atoms with Gasteiger partial charge in [-0.1, -0.05) is 17.7 Å². The molecule has 2 aromatic rings. The number of hydrogen-bond acceptors (Lipinski definition) is 4. The Hall–Kier alpha value is -2.25. The molecule has 6 nitrogen and oxygen atoms in total. The highest BCUT2D eigenvalue weighted by atomic mass is 35.5. The Balaban J connectivity index is 2.48. The molecule has 0 amide bonds. The molecule has 0 radical (unpaired) electrons. The van der Waals surface area contributed by atoms with Gasteiger partial charge in [-0.05, 0) is 30.3 Å². The van der Waals surface area contributed by atoms with Gasteiger partial charge in [0.2, 0.25) is 0 Å². The normalized spacial score (nSPS) is 11.2. The molecule has 0 atom stereocenters. The Morgan fingerprint density at radius 3 is 2.41 bits per heavy atom. The van der Waals surface area contributed by atoms with Crippen molar-refractivity contribution < 1.29 is 23.4 Å². The molecule has 2 N–H and O–H groups in total. The molecule has 0 aromatic heterocycles. The highest BCUT2D eigenvalue weighted by Gasteiger charge is 2.25. The van der Waals surface area contributed by atoms with E-state index in [1.165, 1.54) is 31.3 Å². The minimum absolute atomic E-state index is 0.0770. The molecule has 0 saturated carbocycles. The molecule has 2 rings (SSSR count). The van der Waals surface area contributed by atoms with E-state index in [1.807, 2.05) is 0 Å². The summed E-state index contributed by atoms with van der Waals surface area (Å²) in [6.45, 7) is 0. The van der Waals surface area contributed by atoms with Crippen molar-refractivity contribution in [2.75, 3.05) is 11.4 Å². The van der Waals surface area contributed by atoms with E-state index in [0.29, 0.717) is 0 Å². The number of phenols is 1. The number of aromatic carboxylic acids is 1. The molecule has 0 aliphatic carbocycles. The van der Waals surface area contributed by atoms with E-state index in [4.69, 9.17) is 16.7 Å². The minimum atomic E-state index is -3.98. The zero-order valence-electron chi connectivity index (χ0n) is 11.4. The second-order valence-corrected chi connectivity index (χ2v) is 6.79. The SMILES string of the molecule is CN(c1cccc(O)c1)S(=O)(=O)c1ccc(C(=O)O)cc1Cl. The van der Waals surface area contributed by atoms with Gasteiger partial charge in [0.1, 0.15) is 10.6 Å². The van der Waals surface area contributed by atoms with Crippen molar-refractivity contribution in [1.82, 2.24) is 0 Å². The van der Waals surface area contributed by atoms with E-state index in [9.17, 15) is 18.3 Å². The molecule has 22 heavy (non-hydrogen) atoms. The van der Waals surface area contributed by atoms with E-state index in [1.54, 1.807) is 0 Å². The summed E-state index contributed by atoms with van der Waals surface area (Å²) in [5.41, 5.74) is 0.141. The molecule has 0 aliphatic rings. The van der Waals surface area contributed by atoms with Crippen molar-refractivity contribution in [3.05, 3.63) is 53.1 Å². The number of carboxylic acids is 1. The van der Waals surface area contributed by atoms with Crippen LogP contribution < -0.4 is 4.31 Å². The molecule has 2 aromatic carbocycles. The summed E-state index contributed by atoms with van der Waals surface area (Å²) in [6, 6.07) is 9.10. The average molecular weight is 342 g/mol. The van der Waals surface area contributed by atoms with Crippen LogP contribution >= 0.6 is 11.6 Å². The van der Waals surface area contributed by atoms with Crippen LogP contribution in [0.15, 0.2) is 47.4 Å². The molecule has 116 valence electrons. The van der Waals surface area contributed by atoms with Crippen LogP contribution in [0.4, 0.5) is 5.69 Å². The Morgan fingerprint density at radius 2 is 1.86 bits per heavy atom. The molecule has 0 saturated heterocycles. The number of hydrogen-bond donors (Lipinski definition) is 2. The van der Waals surface area contributed by atoms with Crippen LogP contribution in [0.2, 0.25) is 5.02 Å². The van der Waals surface area contributed by atoms with E-state index >= 15 is 0 Å². The van der Waals surface area contributed by atoms with Crippen LogP contribution in [-0.4, -0.2) is 31.6 Å². The van der Waals surface area contributed by atoms with E-state index < -0.39 is 16.0 Å². The summed E-state index contributed by atoms with van der Waals surface area (Å²) in [5.74, 6) is -1.28. The third-order valence-electron chi connectivity index (χ3n) is 3.01. The third-order valence-corrected chi connectivity index (χ3v) is 5.28. The first kappa shape index (κ1) is 16.1. The van der Waals surface area contributed by atoms with Gasteiger partial charge in [-0.25, -0.2) is 13.2 Å². The van der Waals surface area contributed by atoms with Crippen molar-refractivity contribution in [2.24, 2.45) is 0 Å². The fourth-order valence-corrected chi connectivity index (χ4v) is 3.52. The smallest absolute Gasteiger partial charge is 0.335 e. The predicted molar refractivity (Wildman–Crippen MR) is 82.1 cm³/mol. The number of rotatable bonds is 4. The van der Waals surface area contributed by atoms with Crippen LogP contribution in [0, 0.1) is 0 Å². The maximum absolute atomic E-state index is 12.6. The second-order valence-electron chi connectivity index (χ2n) is 4.44. The molecule has 0 spiro atoms. The fourth-order valence-electron chi connectivity index (χ4n) is 1.82. The second kappa shape index (κ2) is 5.86. The molecule has 0 bridgehead atoms. The number of halogens is 1. The number of sulfonamides is 1. The van der Waals surface area contributed by atoms with Gasteiger partial charge in [-0.2, -0.15) is 0 Å². The number of aromatic hydroxyl groups is 1. The Labute approximate surface area is 132 Å². The van der Waals surface area contributed by atoms with Gasteiger partial charge in [-0.3, -0.25) is 4.31 Å². The number of anilines is 1. The van der Waals surface area contributed by atoms with E-state index in [2.05, 4.69) is 0 Å². The molecular formula is C14H12ClNO5S. The van der Waals surface area contributed by atoms with Gasteiger partial charge >= 0.3 is 5.97 Å². The van der Waals surface area contributed by atoms with Crippen molar-refractivity contribution in [3.63, 3.8) is 0 Å².